The van der Waals surface area contributed by atoms with Crippen molar-refractivity contribution in [2.24, 2.45) is 0 Å². The van der Waals surface area contributed by atoms with Gasteiger partial charge in [-0.3, -0.25) is 44.1 Å². The molecular formula is C24H23N11O9. The summed E-state index contributed by atoms with van der Waals surface area (Å²) >= 11 is 0. The van der Waals surface area contributed by atoms with Gasteiger partial charge < -0.3 is 26.6 Å². The Bertz CT molecular complexity index is 2090. The van der Waals surface area contributed by atoms with Gasteiger partial charge in [-0.25, -0.2) is 24.4 Å². The van der Waals surface area contributed by atoms with Gasteiger partial charge in [0.05, 0.1) is 18.4 Å². The lowest BCUT2D eigenvalue weighted by atomic mass is 10.1. The molecule has 1 atom stereocenters. The van der Waals surface area contributed by atoms with Crippen LogP contribution in [0.25, 0.3) is 22.3 Å². The van der Waals surface area contributed by atoms with Gasteiger partial charge in [-0.1, -0.05) is 0 Å². The van der Waals surface area contributed by atoms with Crippen molar-refractivity contribution in [1.82, 2.24) is 45.2 Å². The molecule has 0 fully saturated rings. The fraction of sp³-hybridized carbons (Fsp3) is 0.167. The molecule has 4 aromatic heterocycles. The average Bonchev–Trinajstić information content (AvgIpc) is 3.34. The summed E-state index contributed by atoms with van der Waals surface area (Å²) in [6.45, 7) is 0.231. The van der Waals surface area contributed by atoms with Crippen molar-refractivity contribution in [1.29, 1.82) is 0 Å². The van der Waals surface area contributed by atoms with Crippen molar-refractivity contribution >= 4 is 51.8 Å². The number of nitrogens with zero attached hydrogens (tertiary/aromatic N) is 3. The SMILES string of the molecule is Nc1nc2ncc(CNc3ccc(C(=O)NC(CCC(=O)O)C(=O)O)cc3)nc2c(=O)[nH]1.O=c1[nH]c(=O)c2[nH]c(=O)[nH]c2[nH]1. The number of amides is 1. The summed E-state index contributed by atoms with van der Waals surface area (Å²) in [5.41, 5.74) is 4.82. The molecule has 0 aliphatic heterocycles. The summed E-state index contributed by atoms with van der Waals surface area (Å²) in [7, 11) is 0. The lowest BCUT2D eigenvalue weighted by molar-refractivity contribution is -0.140. The van der Waals surface area contributed by atoms with Gasteiger partial charge in [-0.15, -0.1) is 0 Å². The summed E-state index contributed by atoms with van der Waals surface area (Å²) in [6, 6.07) is 4.86. The minimum Gasteiger partial charge on any atom is -0.481 e. The van der Waals surface area contributed by atoms with Crippen LogP contribution < -0.4 is 38.9 Å². The van der Waals surface area contributed by atoms with Gasteiger partial charge >= 0.3 is 23.3 Å². The van der Waals surface area contributed by atoms with E-state index in [0.29, 0.717) is 11.4 Å². The number of carboxylic acids is 2. The lowest BCUT2D eigenvalue weighted by Gasteiger charge is -2.14. The highest BCUT2D eigenvalue weighted by Gasteiger charge is 2.21. The van der Waals surface area contributed by atoms with Crippen molar-refractivity contribution in [3.05, 3.63) is 83.4 Å². The second-order valence-corrected chi connectivity index (χ2v) is 8.95. The summed E-state index contributed by atoms with van der Waals surface area (Å²) in [5.74, 6) is -3.16. The van der Waals surface area contributed by atoms with Crippen LogP contribution in [-0.2, 0) is 16.1 Å². The van der Waals surface area contributed by atoms with E-state index >= 15 is 0 Å². The third kappa shape index (κ3) is 7.57. The molecule has 5 rings (SSSR count). The van der Waals surface area contributed by atoms with E-state index in [0.717, 1.165) is 0 Å². The summed E-state index contributed by atoms with van der Waals surface area (Å²) in [5, 5.41) is 23.2. The Morgan fingerprint density at radius 3 is 2.23 bits per heavy atom. The number of rotatable bonds is 9. The van der Waals surface area contributed by atoms with E-state index in [4.69, 9.17) is 15.9 Å². The van der Waals surface area contributed by atoms with Crippen molar-refractivity contribution in [3.8, 4) is 0 Å². The Morgan fingerprint density at radius 2 is 1.57 bits per heavy atom. The number of imidazole rings is 1. The molecule has 0 aliphatic carbocycles. The molecule has 0 bridgehead atoms. The fourth-order valence-electron chi connectivity index (χ4n) is 3.71. The first-order valence-corrected chi connectivity index (χ1v) is 12.4. The Balaban J connectivity index is 0.000000305. The number of nitrogens with two attached hydrogens (primary N) is 1. The van der Waals surface area contributed by atoms with E-state index in [-0.39, 0.29) is 53.2 Å². The second-order valence-electron chi connectivity index (χ2n) is 8.95. The average molecular weight is 610 g/mol. The van der Waals surface area contributed by atoms with E-state index in [2.05, 4.69) is 45.5 Å². The molecule has 0 saturated heterocycles. The fourth-order valence-corrected chi connectivity index (χ4v) is 3.71. The zero-order chi connectivity index (χ0) is 32.0. The van der Waals surface area contributed by atoms with Crippen LogP contribution >= 0.6 is 0 Å². The molecule has 11 N–H and O–H groups in total. The molecule has 0 aliphatic rings. The van der Waals surface area contributed by atoms with Crippen molar-refractivity contribution in [3.63, 3.8) is 0 Å². The topological polar surface area (TPSA) is 328 Å². The van der Waals surface area contributed by atoms with Crippen molar-refractivity contribution in [2.45, 2.75) is 25.4 Å². The third-order valence-electron chi connectivity index (χ3n) is 5.78. The van der Waals surface area contributed by atoms with Gasteiger partial charge in [0.15, 0.2) is 11.2 Å². The molecule has 228 valence electrons. The van der Waals surface area contributed by atoms with Crippen molar-refractivity contribution in [2.75, 3.05) is 11.1 Å². The van der Waals surface area contributed by atoms with Crippen LogP contribution in [0.3, 0.4) is 0 Å². The van der Waals surface area contributed by atoms with Crippen LogP contribution in [0, 0.1) is 0 Å². The molecule has 0 spiro atoms. The molecule has 44 heavy (non-hydrogen) atoms. The Morgan fingerprint density at radius 1 is 0.886 bits per heavy atom. The number of anilines is 2. The predicted octanol–water partition coefficient (Wildman–Crippen LogP) is -1.81. The normalized spacial score (nSPS) is 11.4. The molecule has 0 saturated carbocycles. The molecule has 20 nitrogen and oxygen atoms in total. The van der Waals surface area contributed by atoms with Gasteiger partial charge in [-0.05, 0) is 30.7 Å². The first-order valence-electron chi connectivity index (χ1n) is 12.4. The predicted molar refractivity (Wildman–Crippen MR) is 152 cm³/mol. The van der Waals surface area contributed by atoms with Crippen LogP contribution in [0.2, 0.25) is 0 Å². The number of fused-ring (bicyclic) bond motifs is 2. The van der Waals surface area contributed by atoms with Crippen LogP contribution in [-0.4, -0.2) is 74.0 Å². The maximum atomic E-state index is 12.3. The quantitative estimate of drug-likeness (QED) is 0.0880. The zero-order valence-electron chi connectivity index (χ0n) is 22.3. The Hall–Kier alpha value is -6.60. The molecule has 1 unspecified atom stereocenters. The second kappa shape index (κ2) is 12.9. The molecular weight excluding hydrogens is 586 g/mol. The Kier molecular flexibility index (Phi) is 8.92. The molecule has 0 radical (unpaired) electrons. The summed E-state index contributed by atoms with van der Waals surface area (Å²) in [6.07, 6.45) is 0.840. The van der Waals surface area contributed by atoms with E-state index in [1.54, 1.807) is 12.1 Å². The van der Waals surface area contributed by atoms with E-state index < -0.39 is 46.4 Å². The van der Waals surface area contributed by atoms with E-state index in [1.165, 1.54) is 18.3 Å². The number of carbonyl (C=O) groups excluding carboxylic acids is 1. The van der Waals surface area contributed by atoms with Gasteiger partial charge in [0.25, 0.3) is 17.0 Å². The van der Waals surface area contributed by atoms with Gasteiger partial charge in [0, 0.05) is 17.7 Å². The Labute approximate surface area is 241 Å². The molecule has 20 heteroatoms. The van der Waals surface area contributed by atoms with Crippen LogP contribution in [0.15, 0.2) is 49.6 Å². The zero-order valence-corrected chi connectivity index (χ0v) is 22.3. The largest absolute Gasteiger partial charge is 0.481 e. The number of H-pyrrole nitrogens is 5. The van der Waals surface area contributed by atoms with Crippen molar-refractivity contribution < 1.29 is 24.6 Å². The number of aliphatic carboxylic acids is 2. The number of nitrogens with one attached hydrogen (secondary N) is 7. The maximum absolute atomic E-state index is 12.3. The van der Waals surface area contributed by atoms with Gasteiger partial charge in [0.1, 0.15) is 17.2 Å². The summed E-state index contributed by atoms with van der Waals surface area (Å²) < 4.78 is 0. The number of carbonyl (C=O) groups is 3. The first-order chi connectivity index (χ1) is 20.9. The van der Waals surface area contributed by atoms with Crippen LogP contribution in [0.5, 0.6) is 0 Å². The van der Waals surface area contributed by atoms with E-state index in [9.17, 15) is 33.6 Å². The number of aromatic amines is 5. The molecule has 1 amide bonds. The standard InChI is InChI=1S/C19H19N7O6.C5H4N4O3/c20-19-25-15-14(17(30)26-19)23-11(8-22-15)7-21-10-3-1-9(2-4-10)16(29)24-12(18(31)32)5-6-13(27)28;10-3-1-2(7-4(11)6-1)8-5(12)9-3/h1-4,8,12,21H,5-7H2,(H,24,29)(H,27,28)(H,31,32)(H3,20,22,25,26,30);(H4,6,7,8,9,10,11,12). The van der Waals surface area contributed by atoms with E-state index in [1.807, 2.05) is 4.98 Å². The highest BCUT2D eigenvalue weighted by atomic mass is 16.4. The number of aromatic nitrogens is 8. The number of carboxylic acid groups (broad SMARTS) is 2. The summed E-state index contributed by atoms with van der Waals surface area (Å²) in [4.78, 5) is 102. The number of hydrogen-bond acceptors (Lipinski definition) is 12. The third-order valence-corrected chi connectivity index (χ3v) is 5.78. The van der Waals surface area contributed by atoms with Gasteiger partial charge in [0.2, 0.25) is 5.95 Å². The highest BCUT2D eigenvalue weighted by molar-refractivity contribution is 5.97. The minimum atomic E-state index is -1.31. The maximum Gasteiger partial charge on any atom is 0.327 e. The monoisotopic (exact) mass is 609 g/mol. The molecule has 1 aromatic carbocycles. The number of hydrogen-bond donors (Lipinski definition) is 10. The highest BCUT2D eigenvalue weighted by Crippen LogP contribution is 2.12. The van der Waals surface area contributed by atoms with Crippen LogP contribution in [0.4, 0.5) is 11.6 Å². The van der Waals surface area contributed by atoms with Gasteiger partial charge in [-0.2, -0.15) is 4.98 Å². The lowest BCUT2D eigenvalue weighted by Crippen LogP contribution is -2.41. The molecule has 4 heterocycles. The first kappa shape index (κ1) is 30.4. The van der Waals surface area contributed by atoms with Crippen LogP contribution in [0.1, 0.15) is 28.9 Å². The number of nitrogen functional groups attached to an aromatic ring is 1. The minimum absolute atomic E-state index is 0.0413. The molecule has 5 aromatic rings. The number of benzene rings is 1. The smallest absolute Gasteiger partial charge is 0.327 e.